The number of hydrogen-bond donors (Lipinski definition) is 0. The maximum absolute atomic E-state index is 5.49. The highest BCUT2D eigenvalue weighted by atomic mass is 16.3. The molecule has 1 nitrogen and oxygen atoms in total. The van der Waals surface area contributed by atoms with Crippen LogP contribution in [0.2, 0.25) is 0 Å². The lowest BCUT2D eigenvalue weighted by Gasteiger charge is -1.99. The van der Waals surface area contributed by atoms with Gasteiger partial charge in [0.15, 0.2) is 0 Å². The van der Waals surface area contributed by atoms with E-state index in [1.165, 1.54) is 0 Å². The van der Waals surface area contributed by atoms with E-state index >= 15 is 0 Å². The highest BCUT2D eigenvalue weighted by Crippen LogP contribution is 2.12. The maximum Gasteiger partial charge on any atom is 0.116 e. The Hall–Kier alpha value is -1.16. The molecule has 0 radical (unpaired) electrons. The van der Waals surface area contributed by atoms with Gasteiger partial charge in [-0.25, -0.2) is 0 Å². The molecule has 12 heavy (non-hydrogen) atoms. The molecule has 0 unspecified atom stereocenters. The van der Waals surface area contributed by atoms with Crippen molar-refractivity contribution in [3.8, 4) is 12.3 Å². The van der Waals surface area contributed by atoms with Gasteiger partial charge in [-0.1, -0.05) is 19.8 Å². The zero-order valence-corrected chi connectivity index (χ0v) is 7.63. The van der Waals surface area contributed by atoms with Crippen molar-refractivity contribution in [2.24, 2.45) is 5.92 Å². The van der Waals surface area contributed by atoms with Crippen LogP contribution in [0.3, 0.4) is 0 Å². The molecule has 1 aromatic rings. The highest BCUT2D eigenvalue weighted by Gasteiger charge is 2.02. The second kappa shape index (κ2) is 4.01. The Bertz CT molecular complexity index is 275. The first kappa shape index (κ1) is 8.93. The molecule has 1 heteroatoms. The largest absolute Gasteiger partial charge is 0.465 e. The normalized spacial score (nSPS) is 10.2. The summed E-state index contributed by atoms with van der Waals surface area (Å²) < 4.78 is 5.49. The van der Waals surface area contributed by atoms with Crippen LogP contribution >= 0.6 is 0 Å². The lowest BCUT2D eigenvalue weighted by molar-refractivity contribution is 0.448. The van der Waals surface area contributed by atoms with Crippen molar-refractivity contribution in [3.63, 3.8) is 0 Å². The van der Waals surface area contributed by atoms with Gasteiger partial charge in [0.05, 0.1) is 6.42 Å². The minimum Gasteiger partial charge on any atom is -0.465 e. The van der Waals surface area contributed by atoms with Crippen LogP contribution in [-0.2, 0) is 12.8 Å². The SMILES string of the molecule is C#CCc1ccc(CC(C)C)o1. The lowest BCUT2D eigenvalue weighted by atomic mass is 10.1. The van der Waals surface area contributed by atoms with Crippen LogP contribution in [0.4, 0.5) is 0 Å². The first-order valence-electron chi connectivity index (χ1n) is 4.23. The fourth-order valence-corrected chi connectivity index (χ4v) is 1.13. The Kier molecular flexibility index (Phi) is 2.99. The second-order valence-corrected chi connectivity index (χ2v) is 3.35. The van der Waals surface area contributed by atoms with E-state index in [0.717, 1.165) is 17.9 Å². The average molecular weight is 162 g/mol. The molecule has 1 rings (SSSR count). The zero-order chi connectivity index (χ0) is 8.97. The minimum atomic E-state index is 0.595. The smallest absolute Gasteiger partial charge is 0.116 e. The van der Waals surface area contributed by atoms with Crippen LogP contribution in [0.25, 0.3) is 0 Å². The van der Waals surface area contributed by atoms with Gasteiger partial charge in [-0.2, -0.15) is 0 Å². The third-order valence-electron chi connectivity index (χ3n) is 1.60. The highest BCUT2D eigenvalue weighted by molar-refractivity contribution is 5.12. The maximum atomic E-state index is 5.49. The number of terminal acetylenes is 1. The van der Waals surface area contributed by atoms with E-state index in [9.17, 15) is 0 Å². The molecule has 0 spiro atoms. The topological polar surface area (TPSA) is 13.1 Å². The fourth-order valence-electron chi connectivity index (χ4n) is 1.13. The Morgan fingerprint density at radius 1 is 1.42 bits per heavy atom. The summed E-state index contributed by atoms with van der Waals surface area (Å²) in [6, 6.07) is 3.96. The van der Waals surface area contributed by atoms with Crippen LogP contribution in [0, 0.1) is 18.3 Å². The predicted molar refractivity (Wildman–Crippen MR) is 49.8 cm³/mol. The van der Waals surface area contributed by atoms with Crippen LogP contribution in [-0.4, -0.2) is 0 Å². The van der Waals surface area contributed by atoms with Gasteiger partial charge in [-0.05, 0) is 18.1 Å². The molecule has 0 amide bonds. The molecule has 0 aliphatic heterocycles. The van der Waals surface area contributed by atoms with Gasteiger partial charge < -0.3 is 4.42 Å². The standard InChI is InChI=1S/C11H14O/c1-4-5-10-6-7-11(12-10)8-9(2)3/h1,6-7,9H,5,8H2,2-3H3. The van der Waals surface area contributed by atoms with Crippen molar-refractivity contribution >= 4 is 0 Å². The van der Waals surface area contributed by atoms with Crippen molar-refractivity contribution < 1.29 is 4.42 Å². The molecule has 0 N–H and O–H groups in total. The molecule has 0 bridgehead atoms. The van der Waals surface area contributed by atoms with Gasteiger partial charge in [-0.3, -0.25) is 0 Å². The zero-order valence-electron chi connectivity index (χ0n) is 7.63. The summed E-state index contributed by atoms with van der Waals surface area (Å²) in [5, 5.41) is 0. The summed E-state index contributed by atoms with van der Waals surface area (Å²) in [7, 11) is 0. The molecule has 0 fully saturated rings. The predicted octanol–water partition coefficient (Wildman–Crippen LogP) is 2.65. The summed E-state index contributed by atoms with van der Waals surface area (Å²) >= 11 is 0. The van der Waals surface area contributed by atoms with E-state index < -0.39 is 0 Å². The molecule has 0 saturated carbocycles. The summed E-state index contributed by atoms with van der Waals surface area (Å²) in [6.07, 6.45) is 6.75. The van der Waals surface area contributed by atoms with Gasteiger partial charge in [-0.15, -0.1) is 6.42 Å². The molecule has 0 aliphatic rings. The molecule has 0 saturated heterocycles. The monoisotopic (exact) mass is 162 g/mol. The molecular weight excluding hydrogens is 148 g/mol. The first-order chi connectivity index (χ1) is 5.72. The van der Waals surface area contributed by atoms with Gasteiger partial charge in [0, 0.05) is 6.42 Å². The number of furan rings is 1. The van der Waals surface area contributed by atoms with Crippen LogP contribution in [0.5, 0.6) is 0 Å². The van der Waals surface area contributed by atoms with E-state index in [-0.39, 0.29) is 0 Å². The Morgan fingerprint density at radius 2 is 2.08 bits per heavy atom. The van der Waals surface area contributed by atoms with Gasteiger partial charge in [0.1, 0.15) is 11.5 Å². The minimum absolute atomic E-state index is 0.595. The molecule has 0 aromatic carbocycles. The molecule has 1 heterocycles. The van der Waals surface area contributed by atoms with E-state index in [1.807, 2.05) is 12.1 Å². The molecule has 64 valence electrons. The van der Waals surface area contributed by atoms with Crippen molar-refractivity contribution in [2.75, 3.05) is 0 Å². The molecule has 0 aliphatic carbocycles. The molecule has 1 aromatic heterocycles. The summed E-state index contributed by atoms with van der Waals surface area (Å²) in [5.41, 5.74) is 0. The van der Waals surface area contributed by atoms with Crippen molar-refractivity contribution in [1.82, 2.24) is 0 Å². The quantitative estimate of drug-likeness (QED) is 0.623. The van der Waals surface area contributed by atoms with Crippen molar-refractivity contribution in [3.05, 3.63) is 23.7 Å². The third-order valence-corrected chi connectivity index (χ3v) is 1.60. The Labute approximate surface area is 73.8 Å². The van der Waals surface area contributed by atoms with E-state index in [2.05, 4.69) is 19.8 Å². The first-order valence-corrected chi connectivity index (χ1v) is 4.23. The summed E-state index contributed by atoms with van der Waals surface area (Å²) in [5.74, 6) is 5.12. The van der Waals surface area contributed by atoms with E-state index in [1.54, 1.807) is 0 Å². The summed E-state index contributed by atoms with van der Waals surface area (Å²) in [6.45, 7) is 4.34. The van der Waals surface area contributed by atoms with Crippen LogP contribution in [0.1, 0.15) is 25.4 Å². The third kappa shape index (κ3) is 2.47. The Balaban J connectivity index is 2.59. The van der Waals surface area contributed by atoms with Gasteiger partial charge in [0.2, 0.25) is 0 Å². The van der Waals surface area contributed by atoms with Crippen molar-refractivity contribution in [1.29, 1.82) is 0 Å². The number of hydrogen-bond acceptors (Lipinski definition) is 1. The molecule has 0 atom stereocenters. The summed E-state index contributed by atoms with van der Waals surface area (Å²) in [4.78, 5) is 0. The lowest BCUT2D eigenvalue weighted by Crippen LogP contribution is -1.90. The van der Waals surface area contributed by atoms with Gasteiger partial charge >= 0.3 is 0 Å². The fraction of sp³-hybridized carbons (Fsp3) is 0.455. The van der Waals surface area contributed by atoms with Gasteiger partial charge in [0.25, 0.3) is 0 Å². The second-order valence-electron chi connectivity index (χ2n) is 3.35. The van der Waals surface area contributed by atoms with Crippen LogP contribution in [0.15, 0.2) is 16.5 Å². The van der Waals surface area contributed by atoms with E-state index in [4.69, 9.17) is 10.8 Å². The Morgan fingerprint density at radius 3 is 2.67 bits per heavy atom. The number of rotatable bonds is 3. The average Bonchev–Trinajstić information content (AvgIpc) is 2.36. The van der Waals surface area contributed by atoms with Crippen LogP contribution < -0.4 is 0 Å². The molecular formula is C11H14O. The van der Waals surface area contributed by atoms with Crippen molar-refractivity contribution in [2.45, 2.75) is 26.7 Å². The van der Waals surface area contributed by atoms with E-state index in [0.29, 0.717) is 12.3 Å².